The molecular weight excluding hydrogens is 128 g/mol. The Morgan fingerprint density at radius 3 is 3.20 bits per heavy atom. The Morgan fingerprint density at radius 1 is 1.50 bits per heavy atom. The average Bonchev–Trinajstić information content (AvgIpc) is 2.36. The highest BCUT2D eigenvalue weighted by Crippen LogP contribution is 2.14. The lowest BCUT2D eigenvalue weighted by molar-refractivity contribution is 0.981. The van der Waals surface area contributed by atoms with E-state index < -0.39 is 0 Å². The fourth-order valence-electron chi connectivity index (χ4n) is 0.947. The quantitative estimate of drug-likeness (QED) is 0.486. The van der Waals surface area contributed by atoms with Gasteiger partial charge < -0.3 is 5.73 Å². The third-order valence-electron chi connectivity index (χ3n) is 1.45. The van der Waals surface area contributed by atoms with Gasteiger partial charge in [-0.3, -0.25) is 4.99 Å². The summed E-state index contributed by atoms with van der Waals surface area (Å²) in [4.78, 5) is 11.9. The molecule has 1 atom stereocenters. The topological polar surface area (TPSA) is 63.1 Å². The molecular formula is C6H6N4. The van der Waals surface area contributed by atoms with Gasteiger partial charge in [0.2, 0.25) is 0 Å². The van der Waals surface area contributed by atoms with Crippen LogP contribution in [0.4, 0.5) is 0 Å². The van der Waals surface area contributed by atoms with E-state index in [-0.39, 0.29) is 6.04 Å². The van der Waals surface area contributed by atoms with Crippen LogP contribution in [0.2, 0.25) is 0 Å². The summed E-state index contributed by atoms with van der Waals surface area (Å²) in [6, 6.07) is -0.106. The molecule has 2 heterocycles. The van der Waals surface area contributed by atoms with E-state index in [0.717, 1.165) is 5.70 Å². The molecule has 2 aliphatic heterocycles. The van der Waals surface area contributed by atoms with Crippen molar-refractivity contribution in [1.29, 1.82) is 0 Å². The Hall–Kier alpha value is -1.45. The van der Waals surface area contributed by atoms with Crippen molar-refractivity contribution in [3.05, 3.63) is 11.8 Å². The number of amidine groups is 1. The van der Waals surface area contributed by atoms with E-state index in [1.54, 1.807) is 6.21 Å². The molecule has 0 aromatic rings. The van der Waals surface area contributed by atoms with Gasteiger partial charge in [0, 0.05) is 6.21 Å². The molecule has 1 unspecified atom stereocenters. The van der Waals surface area contributed by atoms with Crippen LogP contribution in [0.5, 0.6) is 0 Å². The predicted octanol–water partition coefficient (Wildman–Crippen LogP) is -0.278. The summed E-state index contributed by atoms with van der Waals surface area (Å²) in [5.74, 6) is 0.523. The lowest BCUT2D eigenvalue weighted by Crippen LogP contribution is -2.29. The minimum Gasteiger partial charge on any atom is -0.385 e. The summed E-state index contributed by atoms with van der Waals surface area (Å²) in [6.07, 6.45) is 4.99. The van der Waals surface area contributed by atoms with Crippen LogP contribution in [0.15, 0.2) is 26.8 Å². The smallest absolute Gasteiger partial charge is 0.149 e. The lowest BCUT2D eigenvalue weighted by Gasteiger charge is -2.10. The Balaban J connectivity index is 2.43. The minimum atomic E-state index is -0.106. The molecule has 0 saturated heterocycles. The number of aliphatic imine (C=N–C) groups is 3. The van der Waals surface area contributed by atoms with Crippen LogP contribution in [0.3, 0.4) is 0 Å². The Morgan fingerprint density at radius 2 is 2.40 bits per heavy atom. The fraction of sp³-hybridized carbons (Fsp3) is 0.167. The first-order valence-corrected chi connectivity index (χ1v) is 2.97. The van der Waals surface area contributed by atoms with Crippen LogP contribution in [-0.2, 0) is 0 Å². The molecule has 2 aliphatic rings. The van der Waals surface area contributed by atoms with Crippen molar-refractivity contribution in [3.8, 4) is 0 Å². The minimum absolute atomic E-state index is 0.106. The van der Waals surface area contributed by atoms with Gasteiger partial charge in [0.25, 0.3) is 0 Å². The van der Waals surface area contributed by atoms with E-state index in [1.165, 1.54) is 6.34 Å². The van der Waals surface area contributed by atoms with Crippen LogP contribution in [0.1, 0.15) is 0 Å². The standard InChI is InChI=1S/C6H6N4/c7-6-5-4(1-2-8-5)9-3-10-6/h1-3,5H,(H2,7,9,10). The van der Waals surface area contributed by atoms with Crippen molar-refractivity contribution in [1.82, 2.24) is 0 Å². The maximum atomic E-state index is 5.52. The van der Waals surface area contributed by atoms with E-state index >= 15 is 0 Å². The number of nitrogens with zero attached hydrogens (tertiary/aromatic N) is 3. The molecule has 0 bridgehead atoms. The first-order valence-electron chi connectivity index (χ1n) is 2.97. The molecule has 0 radical (unpaired) electrons. The van der Waals surface area contributed by atoms with Gasteiger partial charge in [0.1, 0.15) is 18.2 Å². The highest BCUT2D eigenvalue weighted by atomic mass is 15.1. The lowest BCUT2D eigenvalue weighted by atomic mass is 10.2. The molecule has 0 aromatic carbocycles. The van der Waals surface area contributed by atoms with E-state index in [0.29, 0.717) is 5.84 Å². The fourth-order valence-corrected chi connectivity index (χ4v) is 0.947. The van der Waals surface area contributed by atoms with Gasteiger partial charge in [-0.2, -0.15) is 0 Å². The average molecular weight is 134 g/mol. The van der Waals surface area contributed by atoms with Gasteiger partial charge in [0.15, 0.2) is 0 Å². The summed E-state index contributed by atoms with van der Waals surface area (Å²) < 4.78 is 0. The molecule has 10 heavy (non-hydrogen) atoms. The highest BCUT2D eigenvalue weighted by molar-refractivity contribution is 6.00. The SMILES string of the molecule is NC1=NC=NC2=CC=NC21. The Bertz CT molecular complexity index is 271. The van der Waals surface area contributed by atoms with Gasteiger partial charge in [-0.1, -0.05) is 0 Å². The number of allylic oxidation sites excluding steroid dienone is 1. The van der Waals surface area contributed by atoms with Crippen molar-refractivity contribution in [2.45, 2.75) is 6.04 Å². The molecule has 0 spiro atoms. The first kappa shape index (κ1) is 5.34. The molecule has 50 valence electrons. The van der Waals surface area contributed by atoms with E-state index in [2.05, 4.69) is 15.0 Å². The summed E-state index contributed by atoms with van der Waals surface area (Å²) in [6.45, 7) is 0. The van der Waals surface area contributed by atoms with E-state index in [4.69, 9.17) is 5.73 Å². The maximum Gasteiger partial charge on any atom is 0.149 e. The van der Waals surface area contributed by atoms with Crippen LogP contribution < -0.4 is 5.73 Å². The number of fused-ring (bicyclic) bond motifs is 1. The molecule has 0 aliphatic carbocycles. The zero-order valence-electron chi connectivity index (χ0n) is 5.23. The van der Waals surface area contributed by atoms with Crippen molar-refractivity contribution in [2.75, 3.05) is 0 Å². The molecule has 0 amide bonds. The first-order chi connectivity index (χ1) is 4.88. The van der Waals surface area contributed by atoms with E-state index in [1.807, 2.05) is 6.08 Å². The van der Waals surface area contributed by atoms with Gasteiger partial charge in [-0.05, 0) is 6.08 Å². The third-order valence-corrected chi connectivity index (χ3v) is 1.45. The monoisotopic (exact) mass is 134 g/mol. The van der Waals surface area contributed by atoms with Crippen LogP contribution in [0.25, 0.3) is 0 Å². The number of rotatable bonds is 0. The molecule has 2 N–H and O–H groups in total. The molecule has 0 fully saturated rings. The van der Waals surface area contributed by atoms with Crippen LogP contribution >= 0.6 is 0 Å². The van der Waals surface area contributed by atoms with Gasteiger partial charge in [-0.15, -0.1) is 0 Å². The highest BCUT2D eigenvalue weighted by Gasteiger charge is 2.21. The third kappa shape index (κ3) is 0.586. The number of hydrogen-bond donors (Lipinski definition) is 1. The second kappa shape index (κ2) is 1.76. The van der Waals surface area contributed by atoms with Crippen LogP contribution in [-0.4, -0.2) is 24.4 Å². The van der Waals surface area contributed by atoms with Gasteiger partial charge in [-0.25, -0.2) is 9.98 Å². The molecule has 0 saturated carbocycles. The molecule has 0 aromatic heterocycles. The summed E-state index contributed by atoms with van der Waals surface area (Å²) >= 11 is 0. The second-order valence-corrected chi connectivity index (χ2v) is 2.09. The van der Waals surface area contributed by atoms with Crippen LogP contribution in [0, 0.1) is 0 Å². The van der Waals surface area contributed by atoms with Gasteiger partial charge >= 0.3 is 0 Å². The second-order valence-electron chi connectivity index (χ2n) is 2.09. The molecule has 2 rings (SSSR count). The van der Waals surface area contributed by atoms with Crippen molar-refractivity contribution in [2.24, 2.45) is 20.7 Å². The predicted molar refractivity (Wildman–Crippen MR) is 40.5 cm³/mol. The summed E-state index contributed by atoms with van der Waals surface area (Å²) in [5.41, 5.74) is 6.41. The summed E-state index contributed by atoms with van der Waals surface area (Å²) in [7, 11) is 0. The number of hydrogen-bond acceptors (Lipinski definition) is 4. The summed E-state index contributed by atoms with van der Waals surface area (Å²) in [5, 5.41) is 0. The van der Waals surface area contributed by atoms with Crippen molar-refractivity contribution in [3.63, 3.8) is 0 Å². The largest absolute Gasteiger partial charge is 0.385 e. The Kier molecular flexibility index (Phi) is 0.943. The maximum absolute atomic E-state index is 5.52. The zero-order valence-corrected chi connectivity index (χ0v) is 5.23. The van der Waals surface area contributed by atoms with Crippen molar-refractivity contribution < 1.29 is 0 Å². The zero-order chi connectivity index (χ0) is 6.97. The Labute approximate surface area is 57.9 Å². The molecule has 4 heteroatoms. The number of nitrogens with two attached hydrogens (primary N) is 1. The van der Waals surface area contributed by atoms with Crippen molar-refractivity contribution >= 4 is 18.4 Å². The normalized spacial score (nSPS) is 27.8. The van der Waals surface area contributed by atoms with E-state index in [9.17, 15) is 0 Å². The molecule has 4 nitrogen and oxygen atoms in total. The van der Waals surface area contributed by atoms with Gasteiger partial charge in [0.05, 0.1) is 5.70 Å².